The van der Waals surface area contributed by atoms with E-state index >= 15 is 0 Å². The maximum Gasteiger partial charge on any atom is 0.340 e. The number of nitrogens with zero attached hydrogens (tertiary/aromatic N) is 1. The Morgan fingerprint density at radius 1 is 1.53 bits per heavy atom. The Kier molecular flexibility index (Phi) is 6.02. The number of hydrogen-bond donors (Lipinski definition) is 1. The molecule has 0 aromatic heterocycles. The van der Waals surface area contributed by atoms with Gasteiger partial charge in [-0.3, -0.25) is 0 Å². The zero-order chi connectivity index (χ0) is 14.4. The standard InChI is InChI=1S/C14H22N2O2S/c1-5-18-14(17)11-7-6-8-12(15)13(11)16(3)10(2)9-19-4/h6-8,10H,5,9,15H2,1-4H3. The second kappa shape index (κ2) is 7.28. The number of hydrogen-bond acceptors (Lipinski definition) is 5. The fourth-order valence-electron chi connectivity index (χ4n) is 1.90. The molecule has 19 heavy (non-hydrogen) atoms. The SMILES string of the molecule is CCOC(=O)c1cccc(N)c1N(C)C(C)CSC. The van der Waals surface area contributed by atoms with Crippen LogP contribution in [-0.2, 0) is 4.74 Å². The van der Waals surface area contributed by atoms with Crippen LogP contribution >= 0.6 is 11.8 Å². The molecule has 0 aliphatic rings. The van der Waals surface area contributed by atoms with Gasteiger partial charge in [0.2, 0.25) is 0 Å². The summed E-state index contributed by atoms with van der Waals surface area (Å²) < 4.78 is 5.09. The second-order valence-corrected chi connectivity index (χ2v) is 5.29. The zero-order valence-corrected chi connectivity index (χ0v) is 12.8. The molecular formula is C14H22N2O2S. The Morgan fingerprint density at radius 2 is 2.21 bits per heavy atom. The molecule has 1 aromatic carbocycles. The van der Waals surface area contributed by atoms with Crippen LogP contribution in [0, 0.1) is 0 Å². The van der Waals surface area contributed by atoms with Crippen LogP contribution in [0.1, 0.15) is 24.2 Å². The third-order valence-corrected chi connectivity index (χ3v) is 3.80. The van der Waals surface area contributed by atoms with Crippen LogP contribution in [0.25, 0.3) is 0 Å². The molecular weight excluding hydrogens is 260 g/mol. The second-order valence-electron chi connectivity index (χ2n) is 4.38. The summed E-state index contributed by atoms with van der Waals surface area (Å²) in [5, 5.41) is 0. The number of carbonyl (C=O) groups is 1. The van der Waals surface area contributed by atoms with Gasteiger partial charge in [0.25, 0.3) is 0 Å². The summed E-state index contributed by atoms with van der Waals surface area (Å²) in [4.78, 5) is 14.0. The van der Waals surface area contributed by atoms with Crippen LogP contribution < -0.4 is 10.6 Å². The molecule has 0 bridgehead atoms. The van der Waals surface area contributed by atoms with Crippen molar-refractivity contribution < 1.29 is 9.53 Å². The van der Waals surface area contributed by atoms with Gasteiger partial charge in [0.15, 0.2) is 0 Å². The molecule has 0 spiro atoms. The van der Waals surface area contributed by atoms with Crippen LogP contribution in [0.4, 0.5) is 11.4 Å². The van der Waals surface area contributed by atoms with E-state index in [9.17, 15) is 4.79 Å². The minimum atomic E-state index is -0.326. The van der Waals surface area contributed by atoms with Crippen molar-refractivity contribution in [2.24, 2.45) is 0 Å². The van der Waals surface area contributed by atoms with Crippen molar-refractivity contribution in [1.29, 1.82) is 0 Å². The molecule has 0 amide bonds. The van der Waals surface area contributed by atoms with Crippen LogP contribution in [0.15, 0.2) is 18.2 Å². The number of thioether (sulfide) groups is 1. The van der Waals surface area contributed by atoms with Gasteiger partial charge in [-0.05, 0) is 32.2 Å². The van der Waals surface area contributed by atoms with Crippen molar-refractivity contribution in [2.45, 2.75) is 19.9 Å². The van der Waals surface area contributed by atoms with Gasteiger partial charge in [0.1, 0.15) is 0 Å². The molecule has 1 unspecified atom stereocenters. The highest BCUT2D eigenvalue weighted by atomic mass is 32.2. The maximum absolute atomic E-state index is 12.0. The van der Waals surface area contributed by atoms with Crippen molar-refractivity contribution in [3.05, 3.63) is 23.8 Å². The molecule has 0 aliphatic heterocycles. The normalized spacial score (nSPS) is 12.0. The Morgan fingerprint density at radius 3 is 2.79 bits per heavy atom. The summed E-state index contributed by atoms with van der Waals surface area (Å²) in [6, 6.07) is 5.62. The largest absolute Gasteiger partial charge is 0.462 e. The Balaban J connectivity index is 3.13. The number of para-hydroxylation sites is 1. The Bertz CT molecular complexity index is 437. The number of benzene rings is 1. The molecule has 0 saturated heterocycles. The van der Waals surface area contributed by atoms with Gasteiger partial charge in [0, 0.05) is 18.8 Å². The summed E-state index contributed by atoms with van der Waals surface area (Å²) in [7, 11) is 1.95. The summed E-state index contributed by atoms with van der Waals surface area (Å²) in [6.45, 7) is 4.26. The zero-order valence-electron chi connectivity index (χ0n) is 12.0. The molecule has 0 heterocycles. The molecule has 1 atom stereocenters. The molecule has 5 heteroatoms. The molecule has 0 saturated carbocycles. The van der Waals surface area contributed by atoms with Gasteiger partial charge < -0.3 is 15.4 Å². The summed E-state index contributed by atoms with van der Waals surface area (Å²) in [5.41, 5.74) is 7.91. The van der Waals surface area contributed by atoms with Crippen molar-refractivity contribution in [1.82, 2.24) is 0 Å². The number of esters is 1. The van der Waals surface area contributed by atoms with E-state index in [0.717, 1.165) is 11.4 Å². The molecule has 0 fully saturated rings. The van der Waals surface area contributed by atoms with E-state index in [0.29, 0.717) is 17.9 Å². The van der Waals surface area contributed by atoms with Gasteiger partial charge in [0.05, 0.1) is 23.5 Å². The first kappa shape index (κ1) is 15.7. The fraction of sp³-hybridized carbons (Fsp3) is 0.500. The fourth-order valence-corrected chi connectivity index (χ4v) is 2.61. The summed E-state index contributed by atoms with van der Waals surface area (Å²) >= 11 is 1.76. The highest BCUT2D eigenvalue weighted by Gasteiger charge is 2.20. The number of anilines is 2. The van der Waals surface area contributed by atoms with E-state index in [1.165, 1.54) is 0 Å². The average molecular weight is 282 g/mol. The van der Waals surface area contributed by atoms with E-state index in [4.69, 9.17) is 10.5 Å². The lowest BCUT2D eigenvalue weighted by Gasteiger charge is -2.29. The smallest absolute Gasteiger partial charge is 0.340 e. The Labute approximate surface area is 119 Å². The number of nitrogens with two attached hydrogens (primary N) is 1. The van der Waals surface area contributed by atoms with Crippen LogP contribution in [0.5, 0.6) is 0 Å². The molecule has 1 rings (SSSR count). The highest BCUT2D eigenvalue weighted by Crippen LogP contribution is 2.29. The lowest BCUT2D eigenvalue weighted by molar-refractivity contribution is 0.0527. The van der Waals surface area contributed by atoms with E-state index in [1.807, 2.05) is 11.9 Å². The molecule has 0 radical (unpaired) electrons. The van der Waals surface area contributed by atoms with Crippen molar-refractivity contribution in [3.63, 3.8) is 0 Å². The lowest BCUT2D eigenvalue weighted by atomic mass is 10.1. The minimum Gasteiger partial charge on any atom is -0.462 e. The first-order valence-corrected chi connectivity index (χ1v) is 7.69. The van der Waals surface area contributed by atoms with Gasteiger partial charge in [-0.2, -0.15) is 11.8 Å². The van der Waals surface area contributed by atoms with Gasteiger partial charge in [-0.1, -0.05) is 6.07 Å². The molecule has 106 valence electrons. The average Bonchev–Trinajstić information content (AvgIpc) is 2.38. The predicted molar refractivity (Wildman–Crippen MR) is 83.1 cm³/mol. The van der Waals surface area contributed by atoms with Crippen LogP contribution in [-0.4, -0.2) is 37.7 Å². The first-order chi connectivity index (χ1) is 9.02. The summed E-state index contributed by atoms with van der Waals surface area (Å²) in [6.07, 6.45) is 2.06. The van der Waals surface area contributed by atoms with Gasteiger partial charge >= 0.3 is 5.97 Å². The Hall–Kier alpha value is -1.36. The van der Waals surface area contributed by atoms with E-state index < -0.39 is 0 Å². The van der Waals surface area contributed by atoms with Crippen LogP contribution in [0.3, 0.4) is 0 Å². The third kappa shape index (κ3) is 3.80. The predicted octanol–water partition coefficient (Wildman–Crippen LogP) is 2.63. The highest BCUT2D eigenvalue weighted by molar-refractivity contribution is 7.98. The number of rotatable bonds is 6. The summed E-state index contributed by atoms with van der Waals surface area (Å²) in [5.74, 6) is 0.639. The molecule has 0 aliphatic carbocycles. The van der Waals surface area contributed by atoms with E-state index in [-0.39, 0.29) is 12.0 Å². The van der Waals surface area contributed by atoms with Gasteiger partial charge in [-0.25, -0.2) is 4.79 Å². The molecule has 2 N–H and O–H groups in total. The number of carbonyl (C=O) groups excluding carboxylic acids is 1. The topological polar surface area (TPSA) is 55.6 Å². The molecule has 4 nitrogen and oxygen atoms in total. The van der Waals surface area contributed by atoms with Crippen molar-refractivity contribution in [3.8, 4) is 0 Å². The van der Waals surface area contributed by atoms with E-state index in [2.05, 4.69) is 13.2 Å². The minimum absolute atomic E-state index is 0.285. The number of ether oxygens (including phenoxy) is 1. The van der Waals surface area contributed by atoms with Crippen molar-refractivity contribution >= 4 is 29.1 Å². The first-order valence-electron chi connectivity index (χ1n) is 6.30. The lowest BCUT2D eigenvalue weighted by Crippen LogP contribution is -2.33. The van der Waals surface area contributed by atoms with E-state index in [1.54, 1.807) is 36.9 Å². The van der Waals surface area contributed by atoms with Crippen LogP contribution in [0.2, 0.25) is 0 Å². The number of nitrogen functional groups attached to an aromatic ring is 1. The monoisotopic (exact) mass is 282 g/mol. The molecule has 1 aromatic rings. The van der Waals surface area contributed by atoms with Crippen molar-refractivity contribution in [2.75, 3.05) is 36.3 Å². The van der Waals surface area contributed by atoms with Gasteiger partial charge in [-0.15, -0.1) is 0 Å². The quantitative estimate of drug-likeness (QED) is 0.642. The third-order valence-electron chi connectivity index (χ3n) is 2.98. The maximum atomic E-state index is 12.0.